The van der Waals surface area contributed by atoms with Crippen LogP contribution in [0.2, 0.25) is 0 Å². The number of sulfonamides is 1. The largest absolute Gasteiger partial charge is 0.390 e. The predicted molar refractivity (Wildman–Crippen MR) is 83.6 cm³/mol. The minimum atomic E-state index is -3.55. The van der Waals surface area contributed by atoms with Crippen molar-refractivity contribution in [2.75, 3.05) is 27.2 Å². The molecule has 7 heteroatoms. The van der Waals surface area contributed by atoms with Gasteiger partial charge in [-0.25, -0.2) is 13.1 Å². The van der Waals surface area contributed by atoms with Gasteiger partial charge in [-0.05, 0) is 32.5 Å². The average molecular weight is 317 g/mol. The van der Waals surface area contributed by atoms with Gasteiger partial charge in [0.2, 0.25) is 10.0 Å². The molecule has 1 heterocycles. The van der Waals surface area contributed by atoms with Crippen LogP contribution in [0.1, 0.15) is 26.5 Å². The molecule has 1 aromatic rings. The summed E-state index contributed by atoms with van der Waals surface area (Å²) in [4.78, 5) is 2.24. The van der Waals surface area contributed by atoms with E-state index in [2.05, 4.69) is 4.72 Å². The fraction of sp³-hybridized carbons (Fsp3) is 0.714. The highest BCUT2D eigenvalue weighted by molar-refractivity contribution is 7.89. The number of nitrogens with one attached hydrogen (secondary N) is 1. The Morgan fingerprint density at radius 2 is 2.00 bits per heavy atom. The Balaban J connectivity index is 2.85. The van der Waals surface area contributed by atoms with Crippen LogP contribution in [-0.4, -0.2) is 50.2 Å². The van der Waals surface area contributed by atoms with E-state index in [4.69, 9.17) is 0 Å². The van der Waals surface area contributed by atoms with Crippen LogP contribution < -0.4 is 4.72 Å². The summed E-state index contributed by atoms with van der Waals surface area (Å²) in [5, 5.41) is 9.25. The van der Waals surface area contributed by atoms with Crippen molar-refractivity contribution in [2.45, 2.75) is 38.8 Å². The van der Waals surface area contributed by atoms with Crippen LogP contribution in [-0.2, 0) is 23.2 Å². The van der Waals surface area contributed by atoms with Gasteiger partial charge in [-0.2, -0.15) is 0 Å². The number of aliphatic hydroxyl groups excluding tert-OH is 1. The smallest absolute Gasteiger partial charge is 0.242 e. The van der Waals surface area contributed by atoms with Gasteiger partial charge in [-0.3, -0.25) is 0 Å². The van der Waals surface area contributed by atoms with Gasteiger partial charge in [0.1, 0.15) is 0 Å². The van der Waals surface area contributed by atoms with E-state index >= 15 is 0 Å². The first-order valence-electron chi connectivity index (χ1n) is 7.05. The second-order valence-corrected chi connectivity index (χ2v) is 8.10. The van der Waals surface area contributed by atoms with Crippen LogP contribution in [0, 0.1) is 5.41 Å². The second kappa shape index (κ2) is 6.91. The molecule has 0 atom stereocenters. The highest BCUT2D eigenvalue weighted by atomic mass is 32.2. The van der Waals surface area contributed by atoms with Gasteiger partial charge in [0.15, 0.2) is 0 Å². The van der Waals surface area contributed by atoms with E-state index in [1.54, 1.807) is 10.8 Å². The first-order valence-corrected chi connectivity index (χ1v) is 8.54. The molecular weight excluding hydrogens is 290 g/mol. The van der Waals surface area contributed by atoms with Crippen molar-refractivity contribution in [3.8, 4) is 0 Å². The Morgan fingerprint density at radius 1 is 1.38 bits per heavy atom. The summed E-state index contributed by atoms with van der Waals surface area (Å²) in [7, 11) is 0.375. The summed E-state index contributed by atoms with van der Waals surface area (Å²) in [6, 6.07) is 1.52. The number of aromatic nitrogens is 1. The summed E-state index contributed by atoms with van der Waals surface area (Å²) in [5.41, 5.74) is 0.439. The van der Waals surface area contributed by atoms with Gasteiger partial charge < -0.3 is 14.6 Å². The molecule has 6 nitrogen and oxygen atoms in total. The fourth-order valence-corrected chi connectivity index (χ4v) is 3.69. The molecule has 0 aliphatic carbocycles. The third-order valence-corrected chi connectivity index (χ3v) is 4.63. The molecule has 1 aromatic heterocycles. The lowest BCUT2D eigenvalue weighted by atomic mass is 9.93. The zero-order valence-electron chi connectivity index (χ0n) is 13.5. The molecule has 0 aliphatic heterocycles. The zero-order valence-corrected chi connectivity index (χ0v) is 14.4. The van der Waals surface area contributed by atoms with Crippen molar-refractivity contribution >= 4 is 10.0 Å². The van der Waals surface area contributed by atoms with Crippen LogP contribution in [0.5, 0.6) is 0 Å². The SMILES string of the molecule is CCn1cc(S(=O)(=O)NCC(C)(C)CN(C)C)cc1CO. The van der Waals surface area contributed by atoms with Crippen molar-refractivity contribution in [2.24, 2.45) is 5.41 Å². The van der Waals surface area contributed by atoms with Crippen LogP contribution in [0.3, 0.4) is 0 Å². The van der Waals surface area contributed by atoms with Gasteiger partial charge >= 0.3 is 0 Å². The minimum absolute atomic E-state index is 0.163. The summed E-state index contributed by atoms with van der Waals surface area (Å²) < 4.78 is 29.1. The Kier molecular flexibility index (Phi) is 5.98. The quantitative estimate of drug-likeness (QED) is 0.746. The van der Waals surface area contributed by atoms with Gasteiger partial charge in [0.05, 0.1) is 11.5 Å². The summed E-state index contributed by atoms with van der Waals surface area (Å²) >= 11 is 0. The normalized spacial score (nSPS) is 13.1. The molecule has 0 unspecified atom stereocenters. The van der Waals surface area contributed by atoms with Crippen molar-refractivity contribution in [1.29, 1.82) is 0 Å². The number of hydrogen-bond donors (Lipinski definition) is 2. The Labute approximate surface area is 127 Å². The third-order valence-electron chi connectivity index (χ3n) is 3.26. The lowest BCUT2D eigenvalue weighted by Gasteiger charge is -2.28. The van der Waals surface area contributed by atoms with Crippen molar-refractivity contribution in [1.82, 2.24) is 14.2 Å². The molecule has 2 N–H and O–H groups in total. The number of aryl methyl sites for hydroxylation is 1. The van der Waals surface area contributed by atoms with Gasteiger partial charge in [-0.15, -0.1) is 0 Å². The first-order chi connectivity index (χ1) is 9.61. The minimum Gasteiger partial charge on any atom is -0.390 e. The topological polar surface area (TPSA) is 74.6 Å². The molecule has 0 radical (unpaired) electrons. The van der Waals surface area contributed by atoms with E-state index in [-0.39, 0.29) is 16.9 Å². The van der Waals surface area contributed by atoms with E-state index in [0.29, 0.717) is 18.8 Å². The van der Waals surface area contributed by atoms with E-state index < -0.39 is 10.0 Å². The molecule has 0 amide bonds. The molecule has 0 aliphatic rings. The Hall–Kier alpha value is -0.890. The molecule has 0 saturated carbocycles. The number of hydrogen-bond acceptors (Lipinski definition) is 4. The maximum absolute atomic E-state index is 12.3. The highest BCUT2D eigenvalue weighted by Crippen LogP contribution is 2.18. The van der Waals surface area contributed by atoms with Crippen LogP contribution in [0.15, 0.2) is 17.2 Å². The maximum Gasteiger partial charge on any atom is 0.242 e. The van der Waals surface area contributed by atoms with E-state index in [0.717, 1.165) is 6.54 Å². The molecule has 1 rings (SSSR count). The number of nitrogens with zero attached hydrogens (tertiary/aromatic N) is 2. The molecule has 0 aromatic carbocycles. The molecule has 21 heavy (non-hydrogen) atoms. The fourth-order valence-electron chi connectivity index (χ4n) is 2.38. The summed E-state index contributed by atoms with van der Waals surface area (Å²) in [6.45, 7) is 7.54. The molecule has 0 fully saturated rings. The lowest BCUT2D eigenvalue weighted by Crippen LogP contribution is -2.39. The van der Waals surface area contributed by atoms with Crippen LogP contribution >= 0.6 is 0 Å². The third kappa shape index (κ3) is 5.10. The molecular formula is C14H27N3O3S. The van der Waals surface area contributed by atoms with E-state index in [9.17, 15) is 13.5 Å². The maximum atomic E-state index is 12.3. The zero-order chi connectivity index (χ0) is 16.3. The Morgan fingerprint density at radius 3 is 2.43 bits per heavy atom. The van der Waals surface area contributed by atoms with Crippen molar-refractivity contribution < 1.29 is 13.5 Å². The predicted octanol–water partition coefficient (Wildman–Crippen LogP) is 0.866. The van der Waals surface area contributed by atoms with E-state index in [1.807, 2.05) is 39.8 Å². The van der Waals surface area contributed by atoms with Crippen LogP contribution in [0.25, 0.3) is 0 Å². The molecule has 0 saturated heterocycles. The molecule has 0 spiro atoms. The monoisotopic (exact) mass is 317 g/mol. The van der Waals surface area contributed by atoms with Crippen molar-refractivity contribution in [3.63, 3.8) is 0 Å². The van der Waals surface area contributed by atoms with Gasteiger partial charge in [0, 0.05) is 31.5 Å². The average Bonchev–Trinajstić information content (AvgIpc) is 2.79. The highest BCUT2D eigenvalue weighted by Gasteiger charge is 2.24. The van der Waals surface area contributed by atoms with E-state index in [1.165, 1.54) is 6.07 Å². The lowest BCUT2D eigenvalue weighted by molar-refractivity contribution is 0.242. The van der Waals surface area contributed by atoms with Gasteiger partial charge in [0.25, 0.3) is 0 Å². The summed E-state index contributed by atoms with van der Waals surface area (Å²) in [6.07, 6.45) is 1.56. The summed E-state index contributed by atoms with van der Waals surface area (Å²) in [5.74, 6) is 0. The van der Waals surface area contributed by atoms with Gasteiger partial charge in [-0.1, -0.05) is 13.8 Å². The number of rotatable bonds is 8. The standard InChI is InChI=1S/C14H27N3O3S/c1-6-17-8-13(7-12(17)9-18)21(19,20)15-10-14(2,3)11-16(4)5/h7-8,15,18H,6,9-11H2,1-5H3. The molecule has 122 valence electrons. The van der Waals surface area contributed by atoms with Crippen LogP contribution in [0.4, 0.5) is 0 Å². The number of aliphatic hydroxyl groups is 1. The second-order valence-electron chi connectivity index (χ2n) is 6.34. The Bertz CT molecular complexity index is 541. The van der Waals surface area contributed by atoms with Crippen molar-refractivity contribution in [3.05, 3.63) is 18.0 Å². The first kappa shape index (κ1) is 18.2. The molecule has 0 bridgehead atoms.